The Morgan fingerprint density at radius 2 is 1.95 bits per heavy atom. The summed E-state index contributed by atoms with van der Waals surface area (Å²) in [5, 5.41) is 14.9. The molecule has 3 aromatic rings. The molecule has 1 amide bonds. The molecule has 0 saturated heterocycles. The number of aromatic nitrogens is 2. The van der Waals surface area contributed by atoms with E-state index in [1.54, 1.807) is 23.6 Å². The van der Waals surface area contributed by atoms with Gasteiger partial charge in [0, 0.05) is 29.1 Å². The van der Waals surface area contributed by atoms with Crippen LogP contribution in [0.5, 0.6) is 11.5 Å². The number of ether oxygens (including phenoxy) is 3. The zero-order valence-electron chi connectivity index (χ0n) is 22.1. The zero-order valence-corrected chi connectivity index (χ0v) is 22.1. The molecule has 5 heterocycles. The van der Waals surface area contributed by atoms with E-state index in [1.165, 1.54) is 0 Å². The molecule has 12 heteroatoms. The molecule has 0 spiro atoms. The number of rotatable bonds is 8. The van der Waals surface area contributed by atoms with Gasteiger partial charge in [0.1, 0.15) is 6.61 Å². The average Bonchev–Trinajstić information content (AvgIpc) is 3.56. The third-order valence-corrected chi connectivity index (χ3v) is 8.05. The number of nitrogens with one attached hydrogen (secondary N) is 1. The first-order valence-corrected chi connectivity index (χ1v) is 13.4. The smallest absolute Gasteiger partial charge is 0.343 e. The molecule has 2 aromatic heterocycles. The third-order valence-electron chi connectivity index (χ3n) is 8.05. The molecule has 0 fully saturated rings. The van der Waals surface area contributed by atoms with E-state index >= 15 is 0 Å². The molecule has 12 nitrogen and oxygen atoms in total. The average molecular weight is 550 g/mol. The van der Waals surface area contributed by atoms with Crippen molar-refractivity contribution in [2.75, 3.05) is 13.3 Å². The first-order chi connectivity index (χ1) is 19.3. The van der Waals surface area contributed by atoms with E-state index in [-0.39, 0.29) is 55.5 Å². The molecule has 40 heavy (non-hydrogen) atoms. The summed E-state index contributed by atoms with van der Waals surface area (Å²) in [5.74, 6) is 0.0339. The number of cyclic esters (lactones) is 1. The highest BCUT2D eigenvalue weighted by atomic mass is 16.7. The Kier molecular flexibility index (Phi) is 6.48. The van der Waals surface area contributed by atoms with Crippen molar-refractivity contribution >= 4 is 22.8 Å². The number of benzene rings is 1. The number of esters is 1. The van der Waals surface area contributed by atoms with Gasteiger partial charge in [0.05, 0.1) is 35.1 Å². The molecule has 0 saturated carbocycles. The molecular weight excluding hydrogens is 518 g/mol. The van der Waals surface area contributed by atoms with Crippen LogP contribution in [0.15, 0.2) is 23.0 Å². The van der Waals surface area contributed by atoms with Crippen molar-refractivity contribution in [3.8, 4) is 22.9 Å². The number of pyridine rings is 2. The fourth-order valence-electron chi connectivity index (χ4n) is 5.70. The Hall–Kier alpha value is -4.00. The topological polar surface area (TPSA) is 181 Å². The molecule has 3 aliphatic rings. The van der Waals surface area contributed by atoms with Crippen molar-refractivity contribution in [1.82, 2.24) is 14.9 Å². The second kappa shape index (κ2) is 9.88. The number of hydrogen-bond donors (Lipinski definition) is 4. The highest BCUT2D eigenvalue weighted by molar-refractivity contribution is 5.92. The Balaban J connectivity index is 1.46. The molecular formula is C28H31N5O7. The lowest BCUT2D eigenvalue weighted by Crippen LogP contribution is -2.44. The van der Waals surface area contributed by atoms with E-state index < -0.39 is 17.6 Å². The van der Waals surface area contributed by atoms with Gasteiger partial charge in [0.15, 0.2) is 17.1 Å². The van der Waals surface area contributed by atoms with Crippen molar-refractivity contribution in [1.29, 1.82) is 0 Å². The summed E-state index contributed by atoms with van der Waals surface area (Å²) in [6.45, 7) is 2.41. The maximum absolute atomic E-state index is 13.6. The molecule has 6 N–H and O–H groups in total. The lowest BCUT2D eigenvalue weighted by molar-refractivity contribution is -0.172. The second-order valence-electron chi connectivity index (χ2n) is 10.4. The Labute approximate surface area is 229 Å². The largest absolute Gasteiger partial charge is 0.458 e. The SMILES string of the molecule is CC[C@@]1(O)C(=O)OCc2c1cc1n(c2=O)Cc2c-1nc1cc3c(cc1c2CNC(=O)[C@@H](N)CCCCN)OCO3. The Bertz CT molecular complexity index is 1620. The van der Waals surface area contributed by atoms with Crippen LogP contribution >= 0.6 is 0 Å². The summed E-state index contributed by atoms with van der Waals surface area (Å²) in [6.07, 6.45) is 2.11. The van der Waals surface area contributed by atoms with Crippen LogP contribution in [0.3, 0.4) is 0 Å². The van der Waals surface area contributed by atoms with E-state index in [0.717, 1.165) is 29.4 Å². The van der Waals surface area contributed by atoms with Gasteiger partial charge in [-0.1, -0.05) is 13.3 Å². The van der Waals surface area contributed by atoms with E-state index in [1.807, 2.05) is 6.07 Å². The van der Waals surface area contributed by atoms with Gasteiger partial charge in [-0.25, -0.2) is 9.78 Å². The monoisotopic (exact) mass is 549 g/mol. The summed E-state index contributed by atoms with van der Waals surface area (Å²) >= 11 is 0. The minimum atomic E-state index is -1.93. The quantitative estimate of drug-likeness (QED) is 0.182. The van der Waals surface area contributed by atoms with Crippen molar-refractivity contribution in [3.63, 3.8) is 0 Å². The third kappa shape index (κ3) is 4.02. The van der Waals surface area contributed by atoms with Crippen molar-refractivity contribution in [2.24, 2.45) is 11.5 Å². The highest BCUT2D eigenvalue weighted by Crippen LogP contribution is 2.43. The first kappa shape index (κ1) is 26.2. The predicted octanol–water partition coefficient (Wildman–Crippen LogP) is 0.881. The van der Waals surface area contributed by atoms with Gasteiger partial charge in [0.2, 0.25) is 12.7 Å². The minimum Gasteiger partial charge on any atom is -0.458 e. The summed E-state index contributed by atoms with van der Waals surface area (Å²) in [6, 6.07) is 4.58. The van der Waals surface area contributed by atoms with E-state index in [0.29, 0.717) is 41.4 Å². The van der Waals surface area contributed by atoms with Crippen LogP contribution in [0.2, 0.25) is 0 Å². The Morgan fingerprint density at radius 3 is 2.70 bits per heavy atom. The van der Waals surface area contributed by atoms with Crippen molar-refractivity contribution in [2.45, 2.75) is 63.9 Å². The standard InChI is InChI=1S/C28H31N5O7/c1-2-28(37)18-8-21-24-16(11-33(21)26(35)17(18)12-38-27(28)36)15(10-31-25(34)19(30)5-3-4-6-29)14-7-22-23(40-13-39-22)9-20(14)32-24/h7-9,19,37H,2-6,10-13,29-30H2,1H3,(H,31,34)/t19-,28-/m0/s1. The summed E-state index contributed by atoms with van der Waals surface area (Å²) in [4.78, 5) is 43.9. The van der Waals surface area contributed by atoms with Crippen LogP contribution in [0.1, 0.15) is 54.9 Å². The molecule has 210 valence electrons. The van der Waals surface area contributed by atoms with Crippen LogP contribution < -0.4 is 31.8 Å². The predicted molar refractivity (Wildman–Crippen MR) is 143 cm³/mol. The van der Waals surface area contributed by atoms with Crippen LogP contribution in [0.25, 0.3) is 22.3 Å². The van der Waals surface area contributed by atoms with Crippen LogP contribution in [-0.2, 0) is 39.6 Å². The van der Waals surface area contributed by atoms with E-state index in [2.05, 4.69) is 5.32 Å². The van der Waals surface area contributed by atoms with Gasteiger partial charge in [-0.15, -0.1) is 0 Å². The number of amides is 1. The number of carbonyl (C=O) groups excluding carboxylic acids is 2. The number of nitrogens with zero attached hydrogens (tertiary/aromatic N) is 2. The van der Waals surface area contributed by atoms with Crippen molar-refractivity contribution < 1.29 is 28.9 Å². The second-order valence-corrected chi connectivity index (χ2v) is 10.4. The summed E-state index contributed by atoms with van der Waals surface area (Å²) < 4.78 is 17.9. The lowest BCUT2D eigenvalue weighted by Gasteiger charge is -2.31. The number of unbranched alkanes of at least 4 members (excludes halogenated alkanes) is 1. The number of nitrogens with two attached hydrogens (primary N) is 2. The van der Waals surface area contributed by atoms with Gasteiger partial charge in [-0.05, 0) is 43.5 Å². The van der Waals surface area contributed by atoms with Crippen LogP contribution in [-0.4, -0.2) is 45.9 Å². The molecule has 0 aliphatic carbocycles. The maximum atomic E-state index is 13.6. The maximum Gasteiger partial charge on any atom is 0.343 e. The molecule has 1 aromatic carbocycles. The minimum absolute atomic E-state index is 0.0476. The first-order valence-electron chi connectivity index (χ1n) is 13.4. The van der Waals surface area contributed by atoms with Gasteiger partial charge in [-0.3, -0.25) is 9.59 Å². The molecule has 6 rings (SSSR count). The highest BCUT2D eigenvalue weighted by Gasteiger charge is 2.45. The lowest BCUT2D eigenvalue weighted by atomic mass is 9.86. The molecule has 2 atom stereocenters. The summed E-state index contributed by atoms with van der Waals surface area (Å²) in [7, 11) is 0. The summed E-state index contributed by atoms with van der Waals surface area (Å²) in [5.41, 5.74) is 13.0. The van der Waals surface area contributed by atoms with E-state index in [9.17, 15) is 19.5 Å². The fraction of sp³-hybridized carbons (Fsp3) is 0.429. The molecule has 0 radical (unpaired) electrons. The fourth-order valence-corrected chi connectivity index (χ4v) is 5.70. The van der Waals surface area contributed by atoms with Crippen molar-refractivity contribution in [3.05, 3.63) is 50.8 Å². The normalized spacial score (nSPS) is 19.1. The van der Waals surface area contributed by atoms with Gasteiger partial charge in [-0.2, -0.15) is 0 Å². The van der Waals surface area contributed by atoms with E-state index in [4.69, 9.17) is 30.7 Å². The van der Waals surface area contributed by atoms with Gasteiger partial charge in [0.25, 0.3) is 5.56 Å². The van der Waals surface area contributed by atoms with Gasteiger partial charge >= 0.3 is 5.97 Å². The van der Waals surface area contributed by atoms with Crippen LogP contribution in [0, 0.1) is 0 Å². The number of fused-ring (bicyclic) bond motifs is 6. The molecule has 0 unspecified atom stereocenters. The number of aliphatic hydroxyl groups is 1. The molecule has 3 aliphatic heterocycles. The molecule has 0 bridgehead atoms. The number of hydrogen-bond acceptors (Lipinski definition) is 10. The zero-order chi connectivity index (χ0) is 28.2. The Morgan fingerprint density at radius 1 is 1.18 bits per heavy atom. The van der Waals surface area contributed by atoms with Crippen LogP contribution in [0.4, 0.5) is 0 Å². The number of carbonyl (C=O) groups is 2. The van der Waals surface area contributed by atoms with Gasteiger partial charge < -0.3 is 40.7 Å².